The molecule has 0 spiro atoms. The predicted molar refractivity (Wildman–Crippen MR) is 73.2 cm³/mol. The molecule has 0 saturated heterocycles. The fraction of sp³-hybridized carbons (Fsp3) is 0.667. The van der Waals surface area contributed by atoms with E-state index in [1.54, 1.807) is 0 Å². The van der Waals surface area contributed by atoms with E-state index in [0.717, 1.165) is 19.6 Å². The van der Waals surface area contributed by atoms with Crippen LogP contribution in [0.25, 0.3) is 0 Å². The van der Waals surface area contributed by atoms with Crippen LogP contribution in [0.5, 0.6) is 0 Å². The number of likely N-dealkylation sites (N-methyl/N-ethyl adjacent to an activating group) is 1. The Kier molecular flexibility index (Phi) is 10.1. The van der Waals surface area contributed by atoms with Crippen molar-refractivity contribution in [3.05, 3.63) is 11.8 Å². The summed E-state index contributed by atoms with van der Waals surface area (Å²) in [5.74, 6) is -0.0617. The Morgan fingerprint density at radius 2 is 2.06 bits per heavy atom. The van der Waals surface area contributed by atoms with Gasteiger partial charge in [-0.25, -0.2) is 0 Å². The first kappa shape index (κ1) is 16.8. The first-order valence-electron chi connectivity index (χ1n) is 6.09. The van der Waals surface area contributed by atoms with Crippen molar-refractivity contribution in [2.75, 3.05) is 38.6 Å². The van der Waals surface area contributed by atoms with E-state index in [9.17, 15) is 4.79 Å². The average Bonchev–Trinajstić information content (AvgIpc) is 2.40. The molecule has 2 N–H and O–H groups in total. The number of carbonyl (C=O) groups is 1. The first-order valence-corrected chi connectivity index (χ1v) is 6.63. The van der Waals surface area contributed by atoms with Crippen molar-refractivity contribution in [3.63, 3.8) is 0 Å². The van der Waals surface area contributed by atoms with E-state index in [-0.39, 0.29) is 5.57 Å². The highest BCUT2D eigenvalue weighted by atomic mass is 35.5. The maximum atomic E-state index is 11.5. The topological polar surface area (TPSA) is 68.2 Å². The molecule has 5 nitrogen and oxygen atoms in total. The van der Waals surface area contributed by atoms with Crippen molar-refractivity contribution in [2.24, 2.45) is 0 Å². The highest BCUT2D eigenvalue weighted by molar-refractivity contribution is 6.18. The van der Waals surface area contributed by atoms with Crippen LogP contribution in [0.1, 0.15) is 13.8 Å². The number of halogens is 1. The van der Waals surface area contributed by atoms with Gasteiger partial charge < -0.3 is 15.5 Å². The number of hydrogen-bond acceptors (Lipinski definition) is 4. The number of nitrogens with zero attached hydrogens (tertiary/aromatic N) is 2. The summed E-state index contributed by atoms with van der Waals surface area (Å²) in [6.45, 7) is 8.12. The van der Waals surface area contributed by atoms with E-state index in [2.05, 4.69) is 29.4 Å². The Labute approximate surface area is 114 Å². The number of nitriles is 1. The second-order valence-electron chi connectivity index (χ2n) is 3.60. The van der Waals surface area contributed by atoms with Gasteiger partial charge in [-0.2, -0.15) is 5.26 Å². The van der Waals surface area contributed by atoms with Gasteiger partial charge in [0.2, 0.25) is 0 Å². The van der Waals surface area contributed by atoms with Gasteiger partial charge in [0.25, 0.3) is 5.91 Å². The molecule has 102 valence electrons. The van der Waals surface area contributed by atoms with Crippen LogP contribution in [0, 0.1) is 11.3 Å². The van der Waals surface area contributed by atoms with Crippen LogP contribution in [0.15, 0.2) is 11.8 Å². The summed E-state index contributed by atoms with van der Waals surface area (Å²) in [5, 5.41) is 14.4. The molecule has 0 bridgehead atoms. The predicted octanol–water partition coefficient (Wildman–Crippen LogP) is 0.680. The van der Waals surface area contributed by atoms with E-state index in [1.807, 2.05) is 6.07 Å². The molecule has 1 amide bonds. The summed E-state index contributed by atoms with van der Waals surface area (Å²) in [4.78, 5) is 13.7. The smallest absolute Gasteiger partial charge is 0.263 e. The second kappa shape index (κ2) is 10.9. The molecule has 0 saturated carbocycles. The van der Waals surface area contributed by atoms with E-state index in [0.29, 0.717) is 19.0 Å². The van der Waals surface area contributed by atoms with Gasteiger partial charge in [-0.1, -0.05) is 13.8 Å². The number of rotatable bonds is 9. The molecule has 0 aromatic heterocycles. The largest absolute Gasteiger partial charge is 0.388 e. The summed E-state index contributed by atoms with van der Waals surface area (Å²) < 4.78 is 0. The zero-order valence-electron chi connectivity index (χ0n) is 11.0. The molecular weight excluding hydrogens is 252 g/mol. The van der Waals surface area contributed by atoms with E-state index in [4.69, 9.17) is 16.9 Å². The van der Waals surface area contributed by atoms with Crippen molar-refractivity contribution >= 4 is 17.5 Å². The van der Waals surface area contributed by atoms with Gasteiger partial charge in [-0.15, -0.1) is 11.6 Å². The van der Waals surface area contributed by atoms with Crippen molar-refractivity contribution in [1.82, 2.24) is 15.5 Å². The Hall–Kier alpha value is -1.25. The molecule has 0 heterocycles. The van der Waals surface area contributed by atoms with Gasteiger partial charge in [-0.3, -0.25) is 4.79 Å². The monoisotopic (exact) mass is 272 g/mol. The number of alkyl halides is 1. The molecule has 6 heteroatoms. The van der Waals surface area contributed by atoms with E-state index in [1.165, 1.54) is 6.20 Å². The van der Waals surface area contributed by atoms with E-state index < -0.39 is 5.91 Å². The van der Waals surface area contributed by atoms with Crippen LogP contribution < -0.4 is 10.6 Å². The SMILES string of the molecule is CCN(CC)CCN/C=C(/C#N)C(=O)NCCCl. The zero-order chi connectivity index (χ0) is 13.8. The minimum absolute atomic E-state index is 0.0691. The molecular formula is C12H21ClN4O. The molecule has 0 aliphatic heterocycles. The minimum Gasteiger partial charge on any atom is -0.388 e. The molecule has 0 unspecified atom stereocenters. The van der Waals surface area contributed by atoms with Gasteiger partial charge in [0.15, 0.2) is 0 Å². The van der Waals surface area contributed by atoms with Crippen LogP contribution in [0.2, 0.25) is 0 Å². The van der Waals surface area contributed by atoms with E-state index >= 15 is 0 Å². The van der Waals surface area contributed by atoms with Crippen molar-refractivity contribution in [1.29, 1.82) is 5.26 Å². The standard InChI is InChI=1S/C12H21ClN4O/c1-3-17(4-2)8-7-15-10-11(9-14)12(18)16-6-5-13/h10,15H,3-8H2,1-2H3,(H,16,18)/b11-10-. The molecule has 0 rings (SSSR count). The Morgan fingerprint density at radius 1 is 1.39 bits per heavy atom. The van der Waals surface area contributed by atoms with Crippen molar-refractivity contribution < 1.29 is 4.79 Å². The fourth-order valence-electron chi connectivity index (χ4n) is 1.34. The lowest BCUT2D eigenvalue weighted by molar-refractivity contribution is -0.117. The number of amides is 1. The molecule has 0 fully saturated rings. The third-order valence-corrected chi connectivity index (χ3v) is 2.65. The van der Waals surface area contributed by atoms with Gasteiger partial charge in [0.1, 0.15) is 11.6 Å². The van der Waals surface area contributed by atoms with Crippen LogP contribution in [0.3, 0.4) is 0 Å². The van der Waals surface area contributed by atoms with Gasteiger partial charge in [0.05, 0.1) is 0 Å². The first-order chi connectivity index (χ1) is 8.69. The summed E-state index contributed by atoms with van der Waals surface area (Å²) in [6, 6.07) is 1.86. The molecule has 0 aromatic rings. The van der Waals surface area contributed by atoms with Crippen LogP contribution >= 0.6 is 11.6 Å². The summed E-state index contributed by atoms with van der Waals surface area (Å²) >= 11 is 5.45. The third-order valence-electron chi connectivity index (χ3n) is 2.46. The molecule has 0 aromatic carbocycles. The second-order valence-corrected chi connectivity index (χ2v) is 3.97. The highest BCUT2D eigenvalue weighted by Crippen LogP contribution is 1.91. The number of hydrogen-bond donors (Lipinski definition) is 2. The Morgan fingerprint density at radius 3 is 2.56 bits per heavy atom. The normalized spacial score (nSPS) is 11.2. The summed E-state index contributed by atoms with van der Waals surface area (Å²) in [5.41, 5.74) is 0.0691. The quantitative estimate of drug-likeness (QED) is 0.280. The van der Waals surface area contributed by atoms with Crippen LogP contribution in [-0.4, -0.2) is 49.4 Å². The molecule has 0 atom stereocenters. The number of carbonyl (C=O) groups excluding carboxylic acids is 1. The molecule has 18 heavy (non-hydrogen) atoms. The number of nitrogens with one attached hydrogen (secondary N) is 2. The summed E-state index contributed by atoms with van der Waals surface area (Å²) in [6.07, 6.45) is 1.45. The van der Waals surface area contributed by atoms with Gasteiger partial charge >= 0.3 is 0 Å². The third kappa shape index (κ3) is 7.15. The summed E-state index contributed by atoms with van der Waals surface area (Å²) in [7, 11) is 0. The van der Waals surface area contributed by atoms with Crippen molar-refractivity contribution in [2.45, 2.75) is 13.8 Å². The Balaban J connectivity index is 4.06. The lowest BCUT2D eigenvalue weighted by atomic mass is 10.3. The fourth-order valence-corrected chi connectivity index (χ4v) is 1.44. The zero-order valence-corrected chi connectivity index (χ0v) is 11.8. The van der Waals surface area contributed by atoms with Crippen LogP contribution in [0.4, 0.5) is 0 Å². The molecule has 0 aliphatic rings. The minimum atomic E-state index is -0.395. The lowest BCUT2D eigenvalue weighted by Gasteiger charge is -2.17. The molecule has 0 aliphatic carbocycles. The molecule has 0 radical (unpaired) electrons. The highest BCUT2D eigenvalue weighted by Gasteiger charge is 2.07. The maximum absolute atomic E-state index is 11.5. The van der Waals surface area contributed by atoms with Crippen LogP contribution in [-0.2, 0) is 4.79 Å². The lowest BCUT2D eigenvalue weighted by Crippen LogP contribution is -2.31. The Bertz CT molecular complexity index is 308. The maximum Gasteiger partial charge on any atom is 0.263 e. The average molecular weight is 273 g/mol. The van der Waals surface area contributed by atoms with Crippen molar-refractivity contribution in [3.8, 4) is 6.07 Å². The van der Waals surface area contributed by atoms with Gasteiger partial charge in [-0.05, 0) is 13.1 Å². The van der Waals surface area contributed by atoms with Gasteiger partial charge in [0, 0.05) is 31.7 Å².